The van der Waals surface area contributed by atoms with Crippen molar-refractivity contribution in [3.63, 3.8) is 0 Å². The van der Waals surface area contributed by atoms with E-state index in [0.29, 0.717) is 29.7 Å². The molecule has 3 rings (SSSR count). The Morgan fingerprint density at radius 2 is 1.96 bits per heavy atom. The molecule has 0 spiro atoms. The van der Waals surface area contributed by atoms with Gasteiger partial charge in [0, 0.05) is 45.0 Å². The van der Waals surface area contributed by atoms with Crippen LogP contribution in [0, 0.1) is 0 Å². The maximum absolute atomic E-state index is 12.7. The smallest absolute Gasteiger partial charge is 0.253 e. The molecular weight excluding hydrogens is 349 g/mol. The van der Waals surface area contributed by atoms with Gasteiger partial charge in [0.2, 0.25) is 0 Å². The Balaban J connectivity index is 1.62. The number of ether oxygens (including phenoxy) is 1. The van der Waals surface area contributed by atoms with Gasteiger partial charge in [-0.3, -0.25) is 4.79 Å². The largest absolute Gasteiger partial charge is 0.370 e. The maximum atomic E-state index is 12.7. The first kappa shape index (κ1) is 17.8. The van der Waals surface area contributed by atoms with Crippen LogP contribution in [0.3, 0.4) is 0 Å². The Kier molecular flexibility index (Phi) is 5.87. The average molecular weight is 372 g/mol. The van der Waals surface area contributed by atoms with Crippen molar-refractivity contribution in [2.75, 3.05) is 57.8 Å². The number of morpholine rings is 1. The van der Waals surface area contributed by atoms with Crippen molar-refractivity contribution in [3.8, 4) is 0 Å². The lowest BCUT2D eigenvalue weighted by atomic mass is 10.2. The zero-order valence-electron chi connectivity index (χ0n) is 13.9. The maximum Gasteiger partial charge on any atom is 0.253 e. The summed E-state index contributed by atoms with van der Waals surface area (Å²) in [7, 11) is 2.03. The third-order valence-electron chi connectivity index (χ3n) is 4.62. The lowest BCUT2D eigenvalue weighted by molar-refractivity contribution is -0.148. The van der Waals surface area contributed by atoms with Crippen LogP contribution >= 0.6 is 23.2 Å². The molecule has 1 aromatic rings. The summed E-state index contributed by atoms with van der Waals surface area (Å²) in [4.78, 5) is 19.0. The number of hydrogen-bond donors (Lipinski definition) is 0. The minimum Gasteiger partial charge on any atom is -0.370 e. The molecule has 0 saturated carbocycles. The molecule has 24 heavy (non-hydrogen) atoms. The number of benzene rings is 1. The number of carbonyl (C=O) groups is 1. The third kappa shape index (κ3) is 4.14. The van der Waals surface area contributed by atoms with Crippen molar-refractivity contribution in [2.24, 2.45) is 0 Å². The molecule has 1 atom stereocenters. The van der Waals surface area contributed by atoms with E-state index in [1.54, 1.807) is 0 Å². The third-order valence-corrected chi connectivity index (χ3v) is 5.36. The van der Waals surface area contributed by atoms with Gasteiger partial charge in [0.05, 0.1) is 16.7 Å². The number of amides is 1. The Hall–Kier alpha value is -1.01. The standard InChI is InChI=1S/C17H23Cl2N3O2/c1-20-9-10-24-16(12-20)17(23)22-6-2-5-21(7-8-22)13-3-4-14(18)15(19)11-13/h3-4,11,16H,2,5-10,12H2,1H3. The fourth-order valence-corrected chi connectivity index (χ4v) is 3.50. The summed E-state index contributed by atoms with van der Waals surface area (Å²) in [6.45, 7) is 5.32. The second-order valence-electron chi connectivity index (χ2n) is 6.39. The van der Waals surface area contributed by atoms with Crippen molar-refractivity contribution in [2.45, 2.75) is 12.5 Å². The van der Waals surface area contributed by atoms with Gasteiger partial charge in [-0.2, -0.15) is 0 Å². The van der Waals surface area contributed by atoms with Gasteiger partial charge in [0.15, 0.2) is 0 Å². The number of rotatable bonds is 2. The van der Waals surface area contributed by atoms with E-state index >= 15 is 0 Å². The van der Waals surface area contributed by atoms with Crippen LogP contribution in [-0.2, 0) is 9.53 Å². The fraction of sp³-hybridized carbons (Fsp3) is 0.588. The second kappa shape index (κ2) is 7.91. The SMILES string of the molecule is CN1CCOC(C(=O)N2CCCN(c3ccc(Cl)c(Cl)c3)CC2)C1. The molecule has 2 heterocycles. The van der Waals surface area contributed by atoms with Gasteiger partial charge in [0.25, 0.3) is 5.91 Å². The molecular formula is C17H23Cl2N3O2. The number of hydrogen-bond acceptors (Lipinski definition) is 4. The first-order chi connectivity index (χ1) is 11.5. The van der Waals surface area contributed by atoms with E-state index in [2.05, 4.69) is 9.80 Å². The molecule has 2 aliphatic rings. The van der Waals surface area contributed by atoms with Crippen LogP contribution in [0.1, 0.15) is 6.42 Å². The van der Waals surface area contributed by atoms with E-state index in [0.717, 1.165) is 38.3 Å². The van der Waals surface area contributed by atoms with Crippen LogP contribution in [0.4, 0.5) is 5.69 Å². The predicted octanol–water partition coefficient (Wildman–Crippen LogP) is 2.36. The lowest BCUT2D eigenvalue weighted by Crippen LogP contribution is -2.50. The average Bonchev–Trinajstić information content (AvgIpc) is 2.83. The molecule has 1 aromatic carbocycles. The van der Waals surface area contributed by atoms with Gasteiger partial charge in [-0.1, -0.05) is 23.2 Å². The van der Waals surface area contributed by atoms with Crippen molar-refractivity contribution in [1.82, 2.24) is 9.80 Å². The Bertz CT molecular complexity index is 599. The Morgan fingerprint density at radius 1 is 1.12 bits per heavy atom. The van der Waals surface area contributed by atoms with Crippen LogP contribution < -0.4 is 4.90 Å². The van der Waals surface area contributed by atoms with Crippen LogP contribution in [0.25, 0.3) is 0 Å². The van der Waals surface area contributed by atoms with E-state index in [1.165, 1.54) is 0 Å². The number of anilines is 1. The molecule has 7 heteroatoms. The zero-order chi connectivity index (χ0) is 17.1. The van der Waals surface area contributed by atoms with Crippen molar-refractivity contribution in [1.29, 1.82) is 0 Å². The molecule has 1 unspecified atom stereocenters. The number of likely N-dealkylation sites (N-methyl/N-ethyl adjacent to an activating group) is 1. The molecule has 0 aliphatic carbocycles. The molecule has 2 fully saturated rings. The number of carbonyl (C=O) groups excluding carboxylic acids is 1. The molecule has 2 aliphatic heterocycles. The van der Waals surface area contributed by atoms with Gasteiger partial charge in [-0.05, 0) is 31.7 Å². The number of halogens is 2. The minimum absolute atomic E-state index is 0.109. The summed E-state index contributed by atoms with van der Waals surface area (Å²) in [5.41, 5.74) is 1.05. The normalized spacial score (nSPS) is 23.2. The predicted molar refractivity (Wildman–Crippen MR) is 97.1 cm³/mol. The van der Waals surface area contributed by atoms with Gasteiger partial charge >= 0.3 is 0 Å². The van der Waals surface area contributed by atoms with Crippen LogP contribution in [0.5, 0.6) is 0 Å². The molecule has 0 N–H and O–H groups in total. The highest BCUT2D eigenvalue weighted by Crippen LogP contribution is 2.27. The summed E-state index contributed by atoms with van der Waals surface area (Å²) in [6.07, 6.45) is 0.592. The van der Waals surface area contributed by atoms with Crippen molar-refractivity contribution >= 4 is 34.8 Å². The van der Waals surface area contributed by atoms with Crippen molar-refractivity contribution < 1.29 is 9.53 Å². The summed E-state index contributed by atoms with van der Waals surface area (Å²) in [6, 6.07) is 5.68. The summed E-state index contributed by atoms with van der Waals surface area (Å²) >= 11 is 12.1. The van der Waals surface area contributed by atoms with E-state index in [4.69, 9.17) is 27.9 Å². The quantitative estimate of drug-likeness (QED) is 0.799. The topological polar surface area (TPSA) is 36.0 Å². The molecule has 132 valence electrons. The first-order valence-electron chi connectivity index (χ1n) is 8.33. The lowest BCUT2D eigenvalue weighted by Gasteiger charge is -2.32. The van der Waals surface area contributed by atoms with E-state index in [1.807, 2.05) is 30.1 Å². The van der Waals surface area contributed by atoms with Gasteiger partial charge in [0.1, 0.15) is 6.10 Å². The van der Waals surface area contributed by atoms with Gasteiger partial charge in [-0.15, -0.1) is 0 Å². The van der Waals surface area contributed by atoms with Crippen LogP contribution in [-0.4, -0.2) is 74.7 Å². The van der Waals surface area contributed by atoms with E-state index in [9.17, 15) is 4.79 Å². The molecule has 0 radical (unpaired) electrons. The van der Waals surface area contributed by atoms with Gasteiger partial charge in [-0.25, -0.2) is 0 Å². The molecule has 0 aromatic heterocycles. The van der Waals surface area contributed by atoms with Crippen LogP contribution in [0.2, 0.25) is 10.0 Å². The van der Waals surface area contributed by atoms with Crippen LogP contribution in [0.15, 0.2) is 18.2 Å². The monoisotopic (exact) mass is 371 g/mol. The molecule has 2 saturated heterocycles. The van der Waals surface area contributed by atoms with Gasteiger partial charge < -0.3 is 19.4 Å². The molecule has 1 amide bonds. The highest BCUT2D eigenvalue weighted by Gasteiger charge is 2.30. The Labute approximate surface area is 153 Å². The second-order valence-corrected chi connectivity index (χ2v) is 7.20. The fourth-order valence-electron chi connectivity index (χ4n) is 3.21. The van der Waals surface area contributed by atoms with E-state index in [-0.39, 0.29) is 12.0 Å². The molecule has 5 nitrogen and oxygen atoms in total. The summed E-state index contributed by atoms with van der Waals surface area (Å²) in [5, 5.41) is 1.12. The minimum atomic E-state index is -0.333. The summed E-state index contributed by atoms with van der Waals surface area (Å²) in [5.74, 6) is 0.109. The zero-order valence-corrected chi connectivity index (χ0v) is 15.4. The Morgan fingerprint density at radius 3 is 2.71 bits per heavy atom. The van der Waals surface area contributed by atoms with E-state index < -0.39 is 0 Å². The van der Waals surface area contributed by atoms with Crippen molar-refractivity contribution in [3.05, 3.63) is 28.2 Å². The number of nitrogens with zero attached hydrogens (tertiary/aromatic N) is 3. The highest BCUT2D eigenvalue weighted by molar-refractivity contribution is 6.42. The summed E-state index contributed by atoms with van der Waals surface area (Å²) < 4.78 is 5.67. The first-order valence-corrected chi connectivity index (χ1v) is 9.09. The molecule has 0 bridgehead atoms. The highest BCUT2D eigenvalue weighted by atomic mass is 35.5.